The topological polar surface area (TPSA) is 52.1 Å². The van der Waals surface area contributed by atoms with Crippen LogP contribution in [-0.4, -0.2) is 25.9 Å². The molecule has 0 saturated heterocycles. The minimum Gasteiger partial charge on any atom is -0.493 e. The highest BCUT2D eigenvalue weighted by molar-refractivity contribution is 5.89. The van der Waals surface area contributed by atoms with Gasteiger partial charge in [0.25, 0.3) is 0 Å². The standard InChI is InChI=1S/C27H31NO3/c1-3-18-30-25-17-11-10-16-23(25)19-24(21-12-6-4-7-13-21)20-26(28-2)31-27(29)22-14-8-5-9-15-22/h4-17,24,26,28H,3,18-20H2,1-2H3/p+1. The van der Waals surface area contributed by atoms with Crippen LogP contribution in [0, 0.1) is 0 Å². The maximum absolute atomic E-state index is 12.6. The number of rotatable bonds is 11. The summed E-state index contributed by atoms with van der Waals surface area (Å²) < 4.78 is 11.8. The molecule has 0 radical (unpaired) electrons. The fourth-order valence-corrected chi connectivity index (χ4v) is 3.67. The second kappa shape index (κ2) is 11.9. The lowest BCUT2D eigenvalue weighted by molar-refractivity contribution is -0.698. The van der Waals surface area contributed by atoms with Crippen molar-refractivity contribution in [3.63, 3.8) is 0 Å². The molecular formula is C27H32NO3+. The molecular weight excluding hydrogens is 386 g/mol. The van der Waals surface area contributed by atoms with Crippen LogP contribution in [-0.2, 0) is 11.2 Å². The fourth-order valence-electron chi connectivity index (χ4n) is 3.67. The molecule has 0 fully saturated rings. The van der Waals surface area contributed by atoms with Gasteiger partial charge in [-0.25, -0.2) is 4.79 Å². The van der Waals surface area contributed by atoms with Gasteiger partial charge in [0, 0.05) is 6.42 Å². The average molecular weight is 419 g/mol. The van der Waals surface area contributed by atoms with E-state index in [0.29, 0.717) is 18.6 Å². The van der Waals surface area contributed by atoms with Gasteiger partial charge in [0.15, 0.2) is 0 Å². The monoisotopic (exact) mass is 418 g/mol. The lowest BCUT2D eigenvalue weighted by atomic mass is 9.88. The molecule has 0 bridgehead atoms. The molecule has 4 heteroatoms. The Hall–Kier alpha value is -3.11. The molecule has 3 aromatic rings. The predicted molar refractivity (Wildman–Crippen MR) is 123 cm³/mol. The smallest absolute Gasteiger partial charge is 0.342 e. The van der Waals surface area contributed by atoms with Gasteiger partial charge in [0.2, 0.25) is 6.23 Å². The first kappa shape index (κ1) is 22.6. The summed E-state index contributed by atoms with van der Waals surface area (Å²) in [7, 11) is 1.95. The number of esters is 1. The van der Waals surface area contributed by atoms with Crippen molar-refractivity contribution in [2.75, 3.05) is 13.7 Å². The molecule has 3 rings (SSSR count). The van der Waals surface area contributed by atoms with Crippen LogP contribution in [0.15, 0.2) is 84.9 Å². The van der Waals surface area contributed by atoms with E-state index in [2.05, 4.69) is 43.3 Å². The van der Waals surface area contributed by atoms with Crippen molar-refractivity contribution in [3.8, 4) is 5.75 Å². The molecule has 0 saturated carbocycles. The molecule has 2 N–H and O–H groups in total. The first-order valence-electron chi connectivity index (χ1n) is 11.0. The Kier molecular flexibility index (Phi) is 8.68. The third kappa shape index (κ3) is 6.69. The van der Waals surface area contributed by atoms with Gasteiger partial charge >= 0.3 is 5.97 Å². The molecule has 2 atom stereocenters. The number of para-hydroxylation sites is 1. The Balaban J connectivity index is 1.79. The largest absolute Gasteiger partial charge is 0.493 e. The first-order valence-corrected chi connectivity index (χ1v) is 11.0. The summed E-state index contributed by atoms with van der Waals surface area (Å²) in [5.41, 5.74) is 2.98. The van der Waals surface area contributed by atoms with Gasteiger partial charge in [-0.15, -0.1) is 0 Å². The first-order chi connectivity index (χ1) is 15.2. The predicted octanol–water partition coefficient (Wildman–Crippen LogP) is 4.57. The Bertz CT molecular complexity index is 927. The Morgan fingerprint density at radius 3 is 2.23 bits per heavy atom. The van der Waals surface area contributed by atoms with E-state index in [1.54, 1.807) is 12.1 Å². The number of benzene rings is 3. The number of quaternary nitrogens is 1. The second-order valence-electron chi connectivity index (χ2n) is 7.65. The number of carbonyl (C=O) groups excluding carboxylic acids is 1. The molecule has 0 heterocycles. The molecule has 0 aromatic heterocycles. The number of hydrogen-bond donors (Lipinski definition) is 1. The highest BCUT2D eigenvalue weighted by Gasteiger charge is 2.24. The highest BCUT2D eigenvalue weighted by atomic mass is 16.6. The SMILES string of the molecule is CCCOc1ccccc1CC(CC([NH2+]C)OC(=O)c1ccccc1)c1ccccc1. The van der Waals surface area contributed by atoms with E-state index in [1.165, 1.54) is 11.1 Å². The van der Waals surface area contributed by atoms with E-state index in [1.807, 2.05) is 48.8 Å². The van der Waals surface area contributed by atoms with Crippen molar-refractivity contribution < 1.29 is 19.6 Å². The summed E-state index contributed by atoms with van der Waals surface area (Å²) in [6, 6.07) is 27.8. The molecule has 3 aromatic carbocycles. The summed E-state index contributed by atoms with van der Waals surface area (Å²) in [6.45, 7) is 2.81. The van der Waals surface area contributed by atoms with Gasteiger partial charge in [-0.3, -0.25) is 0 Å². The van der Waals surface area contributed by atoms with E-state index in [0.717, 1.165) is 18.6 Å². The lowest BCUT2D eigenvalue weighted by Gasteiger charge is -2.23. The van der Waals surface area contributed by atoms with Crippen LogP contribution in [0.25, 0.3) is 0 Å². The maximum Gasteiger partial charge on any atom is 0.342 e. The molecule has 31 heavy (non-hydrogen) atoms. The van der Waals surface area contributed by atoms with Gasteiger partial charge < -0.3 is 14.8 Å². The van der Waals surface area contributed by atoms with E-state index in [4.69, 9.17) is 9.47 Å². The minimum atomic E-state index is -0.290. The van der Waals surface area contributed by atoms with Gasteiger partial charge in [-0.2, -0.15) is 0 Å². The molecule has 0 spiro atoms. The normalized spacial score (nSPS) is 12.7. The van der Waals surface area contributed by atoms with Crippen molar-refractivity contribution >= 4 is 5.97 Å². The van der Waals surface area contributed by atoms with Crippen molar-refractivity contribution in [2.45, 2.75) is 38.3 Å². The van der Waals surface area contributed by atoms with Gasteiger partial charge in [0.05, 0.1) is 19.2 Å². The van der Waals surface area contributed by atoms with Crippen LogP contribution in [0.5, 0.6) is 5.75 Å². The zero-order chi connectivity index (χ0) is 21.9. The lowest BCUT2D eigenvalue weighted by Crippen LogP contribution is -2.87. The molecule has 4 nitrogen and oxygen atoms in total. The van der Waals surface area contributed by atoms with Gasteiger partial charge in [-0.1, -0.05) is 73.7 Å². The number of ether oxygens (including phenoxy) is 2. The van der Waals surface area contributed by atoms with Crippen LogP contribution in [0.1, 0.15) is 47.2 Å². The molecule has 0 amide bonds. The molecule has 0 aliphatic carbocycles. The van der Waals surface area contributed by atoms with Gasteiger partial charge in [-0.05, 0) is 48.1 Å². The van der Waals surface area contributed by atoms with Crippen LogP contribution in [0.2, 0.25) is 0 Å². The zero-order valence-electron chi connectivity index (χ0n) is 18.4. The van der Waals surface area contributed by atoms with E-state index in [9.17, 15) is 4.79 Å². The minimum absolute atomic E-state index is 0.192. The molecule has 0 aliphatic heterocycles. The third-order valence-corrected chi connectivity index (χ3v) is 5.33. The third-order valence-electron chi connectivity index (χ3n) is 5.33. The van der Waals surface area contributed by atoms with E-state index < -0.39 is 0 Å². The number of nitrogens with two attached hydrogens (primary N) is 1. The molecule has 0 aliphatic rings. The summed E-state index contributed by atoms with van der Waals surface area (Å²) >= 11 is 0. The fraction of sp³-hybridized carbons (Fsp3) is 0.296. The van der Waals surface area contributed by atoms with Crippen LogP contribution < -0.4 is 10.1 Å². The maximum atomic E-state index is 12.6. The number of carbonyl (C=O) groups is 1. The van der Waals surface area contributed by atoms with Crippen LogP contribution in [0.3, 0.4) is 0 Å². The Labute approximate surface area is 185 Å². The summed E-state index contributed by atoms with van der Waals surface area (Å²) in [5.74, 6) is 0.836. The van der Waals surface area contributed by atoms with Crippen LogP contribution in [0.4, 0.5) is 0 Å². The van der Waals surface area contributed by atoms with E-state index >= 15 is 0 Å². The average Bonchev–Trinajstić information content (AvgIpc) is 2.83. The summed E-state index contributed by atoms with van der Waals surface area (Å²) in [4.78, 5) is 12.6. The van der Waals surface area contributed by atoms with Crippen molar-refractivity contribution in [1.82, 2.24) is 0 Å². The summed E-state index contributed by atoms with van der Waals surface area (Å²) in [6.07, 6.45) is 2.22. The van der Waals surface area contributed by atoms with Crippen molar-refractivity contribution in [1.29, 1.82) is 0 Å². The van der Waals surface area contributed by atoms with E-state index in [-0.39, 0.29) is 18.1 Å². The van der Waals surface area contributed by atoms with Gasteiger partial charge in [0.1, 0.15) is 5.75 Å². The van der Waals surface area contributed by atoms with Crippen molar-refractivity contribution in [2.24, 2.45) is 0 Å². The van der Waals surface area contributed by atoms with Crippen LogP contribution >= 0.6 is 0 Å². The Morgan fingerprint density at radius 1 is 0.903 bits per heavy atom. The zero-order valence-corrected chi connectivity index (χ0v) is 18.4. The molecule has 162 valence electrons. The molecule has 2 unspecified atom stereocenters. The van der Waals surface area contributed by atoms with Crippen molar-refractivity contribution in [3.05, 3.63) is 102 Å². The quantitative estimate of drug-likeness (QED) is 0.367. The Morgan fingerprint density at radius 2 is 1.55 bits per heavy atom. The number of hydrogen-bond acceptors (Lipinski definition) is 3. The second-order valence-corrected chi connectivity index (χ2v) is 7.65. The highest BCUT2D eigenvalue weighted by Crippen LogP contribution is 2.30. The summed E-state index contributed by atoms with van der Waals surface area (Å²) in [5, 5.41) is 1.97.